The number of benzene rings is 1. The molecule has 2 aliphatic rings. The van der Waals surface area contributed by atoms with E-state index in [1.165, 1.54) is 12.1 Å². The van der Waals surface area contributed by atoms with Gasteiger partial charge >= 0.3 is 0 Å². The van der Waals surface area contributed by atoms with Gasteiger partial charge in [-0.1, -0.05) is 12.1 Å². The molecule has 1 aliphatic carbocycles. The molecule has 158 valence electrons. The van der Waals surface area contributed by atoms with Crippen LogP contribution in [-0.4, -0.2) is 32.5 Å². The van der Waals surface area contributed by atoms with Gasteiger partial charge < -0.3 is 10.6 Å². The second-order valence-electron chi connectivity index (χ2n) is 7.57. The van der Waals surface area contributed by atoms with Crippen molar-refractivity contribution in [3.8, 4) is 0 Å². The van der Waals surface area contributed by atoms with Crippen LogP contribution in [0.1, 0.15) is 30.4 Å². The number of aromatic nitrogens is 3. The molecular weight excluding hydrogens is 406 g/mol. The number of anilines is 2. The highest BCUT2D eigenvalue weighted by molar-refractivity contribution is 6.15. The van der Waals surface area contributed by atoms with E-state index in [9.17, 15) is 18.4 Å². The van der Waals surface area contributed by atoms with Crippen molar-refractivity contribution in [3.63, 3.8) is 0 Å². The summed E-state index contributed by atoms with van der Waals surface area (Å²) < 4.78 is 29.1. The van der Waals surface area contributed by atoms with E-state index in [2.05, 4.69) is 26.0 Å². The zero-order valence-corrected chi connectivity index (χ0v) is 16.3. The number of imide groups is 1. The topological polar surface area (TPSA) is 100 Å². The largest absolute Gasteiger partial charge is 0.367 e. The minimum absolute atomic E-state index is 0.000142. The van der Waals surface area contributed by atoms with E-state index in [1.54, 1.807) is 22.9 Å². The van der Waals surface area contributed by atoms with Gasteiger partial charge in [0.1, 0.15) is 11.6 Å². The second kappa shape index (κ2) is 7.46. The highest BCUT2D eigenvalue weighted by atomic mass is 19.2. The zero-order chi connectivity index (χ0) is 21.5. The molecule has 3 aromatic rings. The zero-order valence-electron chi connectivity index (χ0n) is 16.3. The van der Waals surface area contributed by atoms with Crippen LogP contribution in [-0.2, 0) is 16.1 Å². The van der Waals surface area contributed by atoms with Crippen LogP contribution in [0.2, 0.25) is 0 Å². The van der Waals surface area contributed by atoms with Crippen molar-refractivity contribution in [2.75, 3.05) is 10.6 Å². The van der Waals surface area contributed by atoms with Crippen LogP contribution in [0.4, 0.5) is 20.4 Å². The average molecular weight is 424 g/mol. The molecule has 1 saturated carbocycles. The first-order valence-corrected chi connectivity index (χ1v) is 9.85. The Labute approximate surface area is 175 Å². The maximum Gasteiger partial charge on any atom is 0.254 e. The van der Waals surface area contributed by atoms with Crippen molar-refractivity contribution in [1.29, 1.82) is 0 Å². The maximum absolute atomic E-state index is 14.0. The maximum atomic E-state index is 14.0. The van der Waals surface area contributed by atoms with Crippen LogP contribution in [0.15, 0.2) is 36.0 Å². The van der Waals surface area contributed by atoms with Crippen molar-refractivity contribution in [2.24, 2.45) is 0 Å². The van der Waals surface area contributed by atoms with Crippen molar-refractivity contribution < 1.29 is 18.4 Å². The van der Waals surface area contributed by atoms with Crippen molar-refractivity contribution in [2.45, 2.75) is 31.8 Å². The Balaban J connectivity index is 1.50. The van der Waals surface area contributed by atoms with Crippen LogP contribution in [0.3, 0.4) is 0 Å². The van der Waals surface area contributed by atoms with Crippen LogP contribution in [0.25, 0.3) is 11.7 Å². The lowest BCUT2D eigenvalue weighted by atomic mass is 10.1. The number of fused-ring (bicyclic) bond motifs is 1. The van der Waals surface area contributed by atoms with Crippen molar-refractivity contribution in [3.05, 3.63) is 58.8 Å². The number of hydrogen-bond donors (Lipinski definition) is 3. The lowest BCUT2D eigenvalue weighted by Gasteiger charge is -2.12. The van der Waals surface area contributed by atoms with Crippen LogP contribution >= 0.6 is 0 Å². The van der Waals surface area contributed by atoms with E-state index in [0.29, 0.717) is 34.5 Å². The Kier molecular flexibility index (Phi) is 4.61. The Morgan fingerprint density at radius 2 is 2.10 bits per heavy atom. The summed E-state index contributed by atoms with van der Waals surface area (Å²) in [6.07, 6.45) is 5.25. The van der Waals surface area contributed by atoms with Gasteiger partial charge in [0, 0.05) is 35.4 Å². The van der Waals surface area contributed by atoms with Gasteiger partial charge in [-0.3, -0.25) is 14.9 Å². The number of hydrogen-bond acceptors (Lipinski definition) is 6. The molecular formula is C21H18F2N6O2. The van der Waals surface area contributed by atoms with Gasteiger partial charge in [-0.05, 0) is 25.0 Å². The molecule has 5 rings (SSSR count). The summed E-state index contributed by atoms with van der Waals surface area (Å²) in [4.78, 5) is 27.9. The summed E-state index contributed by atoms with van der Waals surface area (Å²) in [5.74, 6) is -1.47. The fourth-order valence-electron chi connectivity index (χ4n) is 3.39. The third-order valence-corrected chi connectivity index (χ3v) is 5.15. The van der Waals surface area contributed by atoms with E-state index in [1.807, 2.05) is 0 Å². The van der Waals surface area contributed by atoms with E-state index < -0.39 is 17.5 Å². The number of carbonyl (C=O) groups is 2. The predicted molar refractivity (Wildman–Crippen MR) is 109 cm³/mol. The molecule has 3 N–H and O–H groups in total. The van der Waals surface area contributed by atoms with Crippen LogP contribution < -0.4 is 16.0 Å². The molecule has 2 fully saturated rings. The molecule has 1 aromatic carbocycles. The second-order valence-corrected chi connectivity index (χ2v) is 7.57. The average Bonchev–Trinajstić information content (AvgIpc) is 3.37. The molecule has 8 nitrogen and oxygen atoms in total. The first-order valence-electron chi connectivity index (χ1n) is 9.85. The van der Waals surface area contributed by atoms with Gasteiger partial charge in [-0.25, -0.2) is 13.8 Å². The number of halogens is 2. The van der Waals surface area contributed by atoms with E-state index >= 15 is 0 Å². The number of amides is 2. The van der Waals surface area contributed by atoms with Gasteiger partial charge in [0.2, 0.25) is 5.91 Å². The van der Waals surface area contributed by atoms with Crippen LogP contribution in [0, 0.1) is 11.6 Å². The first-order chi connectivity index (χ1) is 15.0. The van der Waals surface area contributed by atoms with Gasteiger partial charge in [0.15, 0.2) is 17.3 Å². The SMILES string of the molecule is O=C1CC(=Cc2cnn3c(NC4CC4)cc(NCc4cccc(F)c4F)nc23)C(=O)N1. The Morgan fingerprint density at radius 3 is 2.84 bits per heavy atom. The molecule has 31 heavy (non-hydrogen) atoms. The normalized spacial score (nSPS) is 17.4. The minimum Gasteiger partial charge on any atom is -0.367 e. The fourth-order valence-corrected chi connectivity index (χ4v) is 3.39. The standard InChI is InChI=1S/C21H18F2N6O2/c22-15-3-1-2-11(19(15)23)9-24-16-8-17(26-14-4-5-14)29-20(27-16)13(10-25-29)6-12-7-18(30)28-21(12)31/h1-3,6,8,10,14,26H,4-5,7,9H2,(H,24,27)(H,28,30,31). The molecule has 0 radical (unpaired) electrons. The minimum atomic E-state index is -0.909. The summed E-state index contributed by atoms with van der Waals surface area (Å²) >= 11 is 0. The number of nitrogens with one attached hydrogen (secondary N) is 3. The summed E-state index contributed by atoms with van der Waals surface area (Å²) in [6, 6.07) is 6.09. The van der Waals surface area contributed by atoms with E-state index in [-0.39, 0.29) is 24.4 Å². The molecule has 0 spiro atoms. The third-order valence-electron chi connectivity index (χ3n) is 5.15. The molecule has 2 aromatic heterocycles. The highest BCUT2D eigenvalue weighted by Gasteiger charge is 2.25. The third kappa shape index (κ3) is 3.83. The molecule has 0 unspecified atom stereocenters. The van der Waals surface area contributed by atoms with Gasteiger partial charge in [-0.2, -0.15) is 9.61 Å². The van der Waals surface area contributed by atoms with E-state index in [4.69, 9.17) is 0 Å². The van der Waals surface area contributed by atoms with Gasteiger partial charge in [0.25, 0.3) is 5.91 Å². The van der Waals surface area contributed by atoms with Gasteiger partial charge in [0.05, 0.1) is 12.6 Å². The highest BCUT2D eigenvalue weighted by Crippen LogP contribution is 2.28. The summed E-state index contributed by atoms with van der Waals surface area (Å²) in [7, 11) is 0. The quantitative estimate of drug-likeness (QED) is 0.416. The summed E-state index contributed by atoms with van der Waals surface area (Å²) in [5, 5.41) is 13.0. The molecule has 1 aliphatic heterocycles. The molecule has 1 saturated heterocycles. The summed E-state index contributed by atoms with van der Waals surface area (Å²) in [6.45, 7) is 0.0388. The monoisotopic (exact) mass is 424 g/mol. The van der Waals surface area contributed by atoms with Crippen LogP contribution in [0.5, 0.6) is 0 Å². The predicted octanol–water partition coefficient (Wildman–Crippen LogP) is 2.62. The van der Waals surface area contributed by atoms with E-state index in [0.717, 1.165) is 18.9 Å². The number of nitrogens with zero attached hydrogens (tertiary/aromatic N) is 3. The summed E-state index contributed by atoms with van der Waals surface area (Å²) in [5.41, 5.74) is 1.54. The first kappa shape index (κ1) is 19.2. The Hall–Kier alpha value is -3.82. The smallest absolute Gasteiger partial charge is 0.254 e. The number of rotatable bonds is 6. The molecule has 0 atom stereocenters. The van der Waals surface area contributed by atoms with Gasteiger partial charge in [-0.15, -0.1) is 0 Å². The van der Waals surface area contributed by atoms with Crippen molar-refractivity contribution in [1.82, 2.24) is 19.9 Å². The molecule has 3 heterocycles. The Morgan fingerprint density at radius 1 is 1.26 bits per heavy atom. The number of carbonyl (C=O) groups excluding carboxylic acids is 2. The lowest BCUT2D eigenvalue weighted by molar-refractivity contribution is -0.124. The lowest BCUT2D eigenvalue weighted by Crippen LogP contribution is -2.19. The molecule has 0 bridgehead atoms. The van der Waals surface area contributed by atoms with Crippen molar-refractivity contribution >= 4 is 35.2 Å². The molecule has 2 amide bonds. The molecule has 10 heteroatoms. The fraction of sp³-hybridized carbons (Fsp3) is 0.238. The Bertz CT molecular complexity index is 1250.